The van der Waals surface area contributed by atoms with E-state index in [0.717, 1.165) is 15.2 Å². The summed E-state index contributed by atoms with van der Waals surface area (Å²) in [7, 11) is 1.58. The summed E-state index contributed by atoms with van der Waals surface area (Å²) in [5, 5.41) is 1.84. The standard InChI is InChI=1S/C17H12BrNO2/c1-21-12-6-7-16(18)14(8-12)17(20)15-10-19-9-11-4-2-3-5-13(11)15/h2-10H,1H3. The van der Waals surface area contributed by atoms with Crippen LogP contribution in [0, 0.1) is 0 Å². The van der Waals surface area contributed by atoms with E-state index in [1.165, 1.54) is 0 Å². The highest BCUT2D eigenvalue weighted by atomic mass is 79.9. The maximum absolute atomic E-state index is 12.8. The summed E-state index contributed by atoms with van der Waals surface area (Å²) >= 11 is 3.42. The van der Waals surface area contributed by atoms with Gasteiger partial charge in [0, 0.05) is 33.4 Å². The van der Waals surface area contributed by atoms with E-state index in [9.17, 15) is 4.79 Å². The van der Waals surface area contributed by atoms with Crippen molar-refractivity contribution in [3.63, 3.8) is 0 Å². The second-order valence-corrected chi connectivity index (χ2v) is 5.44. The van der Waals surface area contributed by atoms with Crippen molar-refractivity contribution in [2.24, 2.45) is 0 Å². The van der Waals surface area contributed by atoms with Gasteiger partial charge in [0.15, 0.2) is 5.78 Å². The van der Waals surface area contributed by atoms with E-state index in [2.05, 4.69) is 20.9 Å². The molecule has 0 aliphatic heterocycles. The molecular weight excluding hydrogens is 330 g/mol. The van der Waals surface area contributed by atoms with Crippen molar-refractivity contribution in [1.29, 1.82) is 0 Å². The molecule has 3 rings (SSSR count). The molecule has 1 aromatic heterocycles. The van der Waals surface area contributed by atoms with Gasteiger partial charge in [-0.1, -0.05) is 40.2 Å². The Hall–Kier alpha value is -2.20. The number of rotatable bonds is 3. The monoisotopic (exact) mass is 341 g/mol. The van der Waals surface area contributed by atoms with Gasteiger partial charge >= 0.3 is 0 Å². The van der Waals surface area contributed by atoms with Crippen molar-refractivity contribution in [3.8, 4) is 5.75 Å². The van der Waals surface area contributed by atoms with Crippen molar-refractivity contribution < 1.29 is 9.53 Å². The predicted octanol–water partition coefficient (Wildman–Crippen LogP) is 4.24. The number of hydrogen-bond acceptors (Lipinski definition) is 3. The molecule has 3 nitrogen and oxygen atoms in total. The van der Waals surface area contributed by atoms with Gasteiger partial charge in [-0.2, -0.15) is 0 Å². The molecule has 3 aromatic rings. The first-order valence-electron chi connectivity index (χ1n) is 6.41. The number of hydrogen-bond donors (Lipinski definition) is 0. The lowest BCUT2D eigenvalue weighted by atomic mass is 9.99. The molecule has 0 amide bonds. The Kier molecular flexibility index (Phi) is 3.71. The van der Waals surface area contributed by atoms with Gasteiger partial charge < -0.3 is 4.74 Å². The molecular formula is C17H12BrNO2. The van der Waals surface area contributed by atoms with Crippen LogP contribution >= 0.6 is 15.9 Å². The zero-order valence-electron chi connectivity index (χ0n) is 11.3. The molecule has 0 bridgehead atoms. The molecule has 0 saturated heterocycles. The largest absolute Gasteiger partial charge is 0.497 e. The highest BCUT2D eigenvalue weighted by Crippen LogP contribution is 2.27. The lowest BCUT2D eigenvalue weighted by Crippen LogP contribution is -2.04. The third-order valence-corrected chi connectivity index (χ3v) is 4.02. The Bertz CT molecular complexity index is 825. The molecule has 0 aliphatic rings. The molecule has 0 spiro atoms. The summed E-state index contributed by atoms with van der Waals surface area (Å²) in [4.78, 5) is 17.0. The number of ether oxygens (including phenoxy) is 1. The van der Waals surface area contributed by atoms with E-state index < -0.39 is 0 Å². The minimum Gasteiger partial charge on any atom is -0.497 e. The van der Waals surface area contributed by atoms with E-state index in [1.54, 1.807) is 25.6 Å². The third-order valence-electron chi connectivity index (χ3n) is 3.33. The number of ketones is 1. The second kappa shape index (κ2) is 5.66. The smallest absolute Gasteiger partial charge is 0.196 e. The van der Waals surface area contributed by atoms with Crippen LogP contribution in [0.25, 0.3) is 10.8 Å². The fourth-order valence-corrected chi connectivity index (χ4v) is 2.67. The Labute approximate surface area is 130 Å². The molecule has 21 heavy (non-hydrogen) atoms. The molecule has 0 radical (unpaired) electrons. The van der Waals surface area contributed by atoms with Gasteiger partial charge in [-0.3, -0.25) is 9.78 Å². The van der Waals surface area contributed by atoms with Gasteiger partial charge in [0.25, 0.3) is 0 Å². The quantitative estimate of drug-likeness (QED) is 0.669. The first-order chi connectivity index (χ1) is 10.2. The van der Waals surface area contributed by atoms with Crippen molar-refractivity contribution in [2.45, 2.75) is 0 Å². The Balaban J connectivity index is 2.17. The van der Waals surface area contributed by atoms with Crippen LogP contribution in [-0.4, -0.2) is 17.9 Å². The lowest BCUT2D eigenvalue weighted by Gasteiger charge is -2.08. The number of fused-ring (bicyclic) bond motifs is 1. The van der Waals surface area contributed by atoms with Gasteiger partial charge in [0.1, 0.15) is 5.75 Å². The van der Waals surface area contributed by atoms with E-state index in [-0.39, 0.29) is 5.78 Å². The summed E-state index contributed by atoms with van der Waals surface area (Å²) in [5.74, 6) is 0.569. The average molecular weight is 342 g/mol. The van der Waals surface area contributed by atoms with Crippen LogP contribution in [0.4, 0.5) is 0 Å². The van der Waals surface area contributed by atoms with Crippen molar-refractivity contribution in [1.82, 2.24) is 4.98 Å². The first kappa shape index (κ1) is 13.8. The Morgan fingerprint density at radius 1 is 1.10 bits per heavy atom. The van der Waals surface area contributed by atoms with Gasteiger partial charge in [-0.15, -0.1) is 0 Å². The highest BCUT2D eigenvalue weighted by Gasteiger charge is 2.16. The zero-order chi connectivity index (χ0) is 14.8. The minimum absolute atomic E-state index is 0.0786. The number of aromatic nitrogens is 1. The molecule has 4 heteroatoms. The molecule has 0 saturated carbocycles. The number of carbonyl (C=O) groups excluding carboxylic acids is 1. The number of benzene rings is 2. The molecule has 0 atom stereocenters. The maximum atomic E-state index is 12.8. The van der Waals surface area contributed by atoms with Gasteiger partial charge in [0.2, 0.25) is 0 Å². The van der Waals surface area contributed by atoms with Crippen LogP contribution in [0.2, 0.25) is 0 Å². The summed E-state index contributed by atoms with van der Waals surface area (Å²) in [6.07, 6.45) is 3.36. The number of carbonyl (C=O) groups is 1. The van der Waals surface area contributed by atoms with Crippen molar-refractivity contribution in [2.75, 3.05) is 7.11 Å². The number of halogens is 1. The Morgan fingerprint density at radius 3 is 2.71 bits per heavy atom. The molecule has 0 fully saturated rings. The third kappa shape index (κ3) is 2.54. The molecule has 1 heterocycles. The van der Waals surface area contributed by atoms with Crippen LogP contribution in [0.5, 0.6) is 5.75 Å². The number of methoxy groups -OCH3 is 1. The van der Waals surface area contributed by atoms with E-state index in [0.29, 0.717) is 16.9 Å². The highest BCUT2D eigenvalue weighted by molar-refractivity contribution is 9.10. The first-order valence-corrected chi connectivity index (χ1v) is 7.21. The molecule has 2 aromatic carbocycles. The van der Waals surface area contributed by atoms with Crippen molar-refractivity contribution >= 4 is 32.5 Å². The van der Waals surface area contributed by atoms with Crippen LogP contribution in [0.1, 0.15) is 15.9 Å². The van der Waals surface area contributed by atoms with Crippen LogP contribution in [0.15, 0.2) is 59.3 Å². The summed E-state index contributed by atoms with van der Waals surface area (Å²) in [6, 6.07) is 13.1. The van der Waals surface area contributed by atoms with Gasteiger partial charge in [-0.05, 0) is 23.6 Å². The van der Waals surface area contributed by atoms with E-state index >= 15 is 0 Å². The van der Waals surface area contributed by atoms with Crippen LogP contribution < -0.4 is 4.74 Å². The lowest BCUT2D eigenvalue weighted by molar-refractivity contribution is 0.103. The topological polar surface area (TPSA) is 39.2 Å². The zero-order valence-corrected chi connectivity index (χ0v) is 12.9. The fraction of sp³-hybridized carbons (Fsp3) is 0.0588. The normalized spacial score (nSPS) is 10.6. The van der Waals surface area contributed by atoms with Gasteiger partial charge in [-0.25, -0.2) is 0 Å². The van der Waals surface area contributed by atoms with E-state index in [1.807, 2.05) is 36.4 Å². The predicted molar refractivity (Wildman–Crippen MR) is 85.9 cm³/mol. The number of pyridine rings is 1. The average Bonchev–Trinajstić information content (AvgIpc) is 2.54. The Morgan fingerprint density at radius 2 is 1.90 bits per heavy atom. The summed E-state index contributed by atoms with van der Waals surface area (Å²) < 4.78 is 5.93. The summed E-state index contributed by atoms with van der Waals surface area (Å²) in [5.41, 5.74) is 1.15. The van der Waals surface area contributed by atoms with Crippen molar-refractivity contribution in [3.05, 3.63) is 70.5 Å². The minimum atomic E-state index is -0.0786. The van der Waals surface area contributed by atoms with Crippen LogP contribution in [-0.2, 0) is 0 Å². The maximum Gasteiger partial charge on any atom is 0.196 e. The second-order valence-electron chi connectivity index (χ2n) is 4.58. The molecule has 0 aliphatic carbocycles. The van der Waals surface area contributed by atoms with Gasteiger partial charge in [0.05, 0.1) is 7.11 Å². The SMILES string of the molecule is COc1ccc(Br)c(C(=O)c2cncc3ccccc23)c1. The number of nitrogens with zero attached hydrogens (tertiary/aromatic N) is 1. The van der Waals surface area contributed by atoms with Crippen LogP contribution in [0.3, 0.4) is 0 Å². The van der Waals surface area contributed by atoms with E-state index in [4.69, 9.17) is 4.74 Å². The molecule has 0 N–H and O–H groups in total. The molecule has 104 valence electrons. The molecule has 0 unspecified atom stereocenters. The fourth-order valence-electron chi connectivity index (χ4n) is 2.25. The summed E-state index contributed by atoms with van der Waals surface area (Å²) in [6.45, 7) is 0.